The zero-order valence-electron chi connectivity index (χ0n) is 23.5. The highest BCUT2D eigenvalue weighted by Crippen LogP contribution is 2.45. The average molecular weight is 598 g/mol. The lowest BCUT2D eigenvalue weighted by molar-refractivity contribution is 0.0556. The fourth-order valence-corrected chi connectivity index (χ4v) is 6.86. The lowest BCUT2D eigenvalue weighted by Crippen LogP contribution is -2.46. The largest absolute Gasteiger partial charge is 0.495 e. The Bertz CT molecular complexity index is 1860. The van der Waals surface area contributed by atoms with Crippen molar-refractivity contribution in [1.29, 1.82) is 0 Å². The fourth-order valence-electron chi connectivity index (χ4n) is 6.61. The second-order valence-corrected chi connectivity index (χ2v) is 11.4. The monoisotopic (exact) mass is 597 g/mol. The number of hydrogen-bond donors (Lipinski definition) is 2. The highest BCUT2D eigenvalue weighted by Gasteiger charge is 2.45. The van der Waals surface area contributed by atoms with Crippen LogP contribution in [0, 0.1) is 0 Å². The SMILES string of the molecule is COc1ccc(-c2ccc(-c3cnn4c(N)c(C(C)=O)c([C@@H]5C[C@H]6CC[C@@H](C5)N6C(=O)c5nnc[nH]5)nc34)cn2)cc1Cl. The molecule has 2 saturated heterocycles. The summed E-state index contributed by atoms with van der Waals surface area (Å²) in [5, 5.41) is 12.7. The number of H-pyrrole nitrogens is 1. The van der Waals surface area contributed by atoms with Gasteiger partial charge in [-0.3, -0.25) is 14.6 Å². The Morgan fingerprint density at radius 3 is 2.49 bits per heavy atom. The van der Waals surface area contributed by atoms with Crippen molar-refractivity contribution in [3.8, 4) is 28.1 Å². The summed E-state index contributed by atoms with van der Waals surface area (Å²) in [6, 6.07) is 9.39. The topological polar surface area (TPSA) is 157 Å². The van der Waals surface area contributed by atoms with Gasteiger partial charge in [-0.25, -0.2) is 4.98 Å². The number of rotatable bonds is 6. The fraction of sp³-hybridized carbons (Fsp3) is 0.300. The number of fused-ring (bicyclic) bond motifs is 3. The Labute approximate surface area is 251 Å². The summed E-state index contributed by atoms with van der Waals surface area (Å²) in [4.78, 5) is 40.5. The highest BCUT2D eigenvalue weighted by atomic mass is 35.5. The van der Waals surface area contributed by atoms with Gasteiger partial charge in [-0.2, -0.15) is 9.61 Å². The van der Waals surface area contributed by atoms with Crippen LogP contribution in [-0.4, -0.2) is 70.5 Å². The molecule has 1 aromatic carbocycles. The molecule has 0 saturated carbocycles. The number of anilines is 1. The number of halogens is 1. The molecule has 13 heteroatoms. The van der Waals surface area contributed by atoms with Crippen LogP contribution in [0.2, 0.25) is 5.02 Å². The Balaban J connectivity index is 1.24. The number of ether oxygens (including phenoxy) is 1. The number of nitrogens with zero attached hydrogens (tertiary/aromatic N) is 7. The second kappa shape index (κ2) is 10.5. The molecule has 0 aliphatic carbocycles. The van der Waals surface area contributed by atoms with Gasteiger partial charge in [-0.1, -0.05) is 17.7 Å². The third-order valence-electron chi connectivity index (χ3n) is 8.56. The van der Waals surface area contributed by atoms with Gasteiger partial charge in [-0.05, 0) is 56.9 Å². The Morgan fingerprint density at radius 1 is 1.09 bits per heavy atom. The number of nitrogens with one attached hydrogen (secondary N) is 1. The normalized spacial score (nSPS) is 19.6. The first-order chi connectivity index (χ1) is 20.8. The Hall–Kier alpha value is -4.84. The minimum absolute atomic E-state index is 0.00740. The van der Waals surface area contributed by atoms with Gasteiger partial charge in [0.2, 0.25) is 5.82 Å². The van der Waals surface area contributed by atoms with Gasteiger partial charge < -0.3 is 20.4 Å². The molecule has 218 valence electrons. The maximum atomic E-state index is 13.2. The van der Waals surface area contributed by atoms with E-state index >= 15 is 0 Å². The molecule has 4 aromatic heterocycles. The molecular formula is C30H28ClN9O3. The number of methoxy groups -OCH3 is 1. The summed E-state index contributed by atoms with van der Waals surface area (Å²) >= 11 is 6.32. The number of benzene rings is 1. The molecule has 2 aliphatic heterocycles. The highest BCUT2D eigenvalue weighted by molar-refractivity contribution is 6.32. The van der Waals surface area contributed by atoms with E-state index in [9.17, 15) is 9.59 Å². The lowest BCUT2D eigenvalue weighted by atomic mass is 9.85. The molecule has 3 N–H and O–H groups in total. The second-order valence-electron chi connectivity index (χ2n) is 11.0. The molecule has 12 nitrogen and oxygen atoms in total. The third kappa shape index (κ3) is 4.49. The number of nitrogen functional groups attached to an aromatic ring is 1. The van der Waals surface area contributed by atoms with Gasteiger partial charge in [0.15, 0.2) is 11.4 Å². The standard InChI is InChI=1S/C30H28ClN9O3/c1-15(41)25-26(18-9-19-5-6-20(10-18)39(19)30(42)28-34-14-35-38-28)37-29-21(13-36-40(29)27(25)32)17-3-7-23(33-12-17)16-4-8-24(43-2)22(31)11-16/h3-4,7-8,11-14,18-20H,5-6,9-10,32H2,1-2H3,(H,34,35,38)/t18-,19-,20+. The molecule has 0 radical (unpaired) electrons. The molecule has 7 rings (SSSR count). The molecule has 2 bridgehead atoms. The maximum Gasteiger partial charge on any atom is 0.292 e. The predicted molar refractivity (Wildman–Crippen MR) is 159 cm³/mol. The number of piperidine rings is 1. The van der Waals surface area contributed by atoms with Crippen LogP contribution in [-0.2, 0) is 0 Å². The van der Waals surface area contributed by atoms with Crippen LogP contribution in [0.3, 0.4) is 0 Å². The number of Topliss-reactive ketones (excluding diaryl/α,β-unsaturated/α-hetero) is 1. The Kier molecular flexibility index (Phi) is 6.57. The summed E-state index contributed by atoms with van der Waals surface area (Å²) in [7, 11) is 1.57. The number of aromatic nitrogens is 7. The van der Waals surface area contributed by atoms with Crippen molar-refractivity contribution in [2.24, 2.45) is 0 Å². The number of nitrogens with two attached hydrogens (primary N) is 1. The first-order valence-electron chi connectivity index (χ1n) is 14.0. The molecule has 3 atom stereocenters. The number of carbonyl (C=O) groups is 2. The van der Waals surface area contributed by atoms with Gasteiger partial charge >= 0.3 is 0 Å². The van der Waals surface area contributed by atoms with E-state index in [0.29, 0.717) is 40.5 Å². The summed E-state index contributed by atoms with van der Waals surface area (Å²) in [5.41, 5.74) is 11.3. The summed E-state index contributed by atoms with van der Waals surface area (Å²) < 4.78 is 6.77. The molecule has 0 spiro atoms. The number of aromatic amines is 1. The summed E-state index contributed by atoms with van der Waals surface area (Å²) in [6.45, 7) is 1.50. The molecule has 6 heterocycles. The molecular weight excluding hydrogens is 570 g/mol. The molecule has 2 aliphatic rings. The lowest BCUT2D eigenvalue weighted by Gasteiger charge is -2.38. The van der Waals surface area contributed by atoms with Gasteiger partial charge in [0.25, 0.3) is 5.91 Å². The van der Waals surface area contributed by atoms with E-state index in [1.54, 1.807) is 25.6 Å². The van der Waals surface area contributed by atoms with Crippen molar-refractivity contribution in [2.45, 2.75) is 50.6 Å². The van der Waals surface area contributed by atoms with Crippen molar-refractivity contribution in [3.63, 3.8) is 0 Å². The molecule has 43 heavy (non-hydrogen) atoms. The zero-order chi connectivity index (χ0) is 29.8. The average Bonchev–Trinajstić information content (AvgIpc) is 3.75. The number of hydrogen-bond acceptors (Lipinski definition) is 9. The minimum atomic E-state index is -0.171. The van der Waals surface area contributed by atoms with E-state index in [1.165, 1.54) is 17.8 Å². The smallest absolute Gasteiger partial charge is 0.292 e. The Morgan fingerprint density at radius 2 is 1.86 bits per heavy atom. The number of amides is 1. The van der Waals surface area contributed by atoms with Crippen LogP contribution in [0.25, 0.3) is 28.0 Å². The van der Waals surface area contributed by atoms with Crippen LogP contribution in [0.5, 0.6) is 5.75 Å². The van der Waals surface area contributed by atoms with E-state index in [2.05, 4.69) is 25.3 Å². The van der Waals surface area contributed by atoms with Crippen LogP contribution in [0.15, 0.2) is 49.1 Å². The maximum absolute atomic E-state index is 13.2. The minimum Gasteiger partial charge on any atom is -0.495 e. The van der Waals surface area contributed by atoms with Crippen molar-refractivity contribution < 1.29 is 14.3 Å². The van der Waals surface area contributed by atoms with E-state index in [-0.39, 0.29) is 41.3 Å². The molecule has 5 aromatic rings. The van der Waals surface area contributed by atoms with Gasteiger partial charge in [-0.15, -0.1) is 10.2 Å². The third-order valence-corrected chi connectivity index (χ3v) is 8.85. The van der Waals surface area contributed by atoms with Gasteiger partial charge in [0.05, 0.1) is 35.3 Å². The van der Waals surface area contributed by atoms with Crippen LogP contribution in [0.4, 0.5) is 5.82 Å². The molecule has 1 amide bonds. The van der Waals surface area contributed by atoms with Crippen LogP contribution < -0.4 is 10.5 Å². The van der Waals surface area contributed by atoms with E-state index in [4.69, 9.17) is 27.1 Å². The quantitative estimate of drug-likeness (QED) is 0.267. The van der Waals surface area contributed by atoms with E-state index in [0.717, 1.165) is 35.2 Å². The van der Waals surface area contributed by atoms with Crippen molar-refractivity contribution >= 4 is 34.8 Å². The molecule has 0 unspecified atom stereocenters. The zero-order valence-corrected chi connectivity index (χ0v) is 24.2. The first kappa shape index (κ1) is 27.0. The predicted octanol–water partition coefficient (Wildman–Crippen LogP) is 4.57. The number of pyridine rings is 1. The van der Waals surface area contributed by atoms with Crippen molar-refractivity contribution in [2.75, 3.05) is 12.8 Å². The number of carbonyl (C=O) groups excluding carboxylic acids is 2. The van der Waals surface area contributed by atoms with Gasteiger partial charge in [0.1, 0.15) is 17.9 Å². The summed E-state index contributed by atoms with van der Waals surface area (Å²) in [6.07, 6.45) is 7.95. The number of ketones is 1. The van der Waals surface area contributed by atoms with Crippen molar-refractivity contribution in [1.82, 2.24) is 39.7 Å². The molecule has 2 fully saturated rings. The summed E-state index contributed by atoms with van der Waals surface area (Å²) in [5.74, 6) is 0.717. The van der Waals surface area contributed by atoms with E-state index < -0.39 is 0 Å². The van der Waals surface area contributed by atoms with Gasteiger partial charge in [0, 0.05) is 40.9 Å². The van der Waals surface area contributed by atoms with Crippen LogP contribution in [0.1, 0.15) is 65.2 Å². The van der Waals surface area contributed by atoms with Crippen molar-refractivity contribution in [3.05, 3.63) is 71.2 Å². The van der Waals surface area contributed by atoms with Crippen LogP contribution >= 0.6 is 11.6 Å². The van der Waals surface area contributed by atoms with E-state index in [1.807, 2.05) is 29.2 Å². The first-order valence-corrected chi connectivity index (χ1v) is 14.4.